The van der Waals surface area contributed by atoms with Crippen molar-refractivity contribution in [3.8, 4) is 0 Å². The van der Waals surface area contributed by atoms with Gasteiger partial charge in [0.2, 0.25) is 11.8 Å². The van der Waals surface area contributed by atoms with Gasteiger partial charge in [-0.2, -0.15) is 0 Å². The molecule has 25 heavy (non-hydrogen) atoms. The van der Waals surface area contributed by atoms with Crippen molar-refractivity contribution in [1.82, 2.24) is 20.0 Å². The molecule has 2 amide bonds. The molecule has 0 spiro atoms. The number of benzene rings is 1. The predicted octanol–water partition coefficient (Wildman–Crippen LogP) is 2.59. The number of imidazole rings is 1. The molecule has 2 aromatic heterocycles. The van der Waals surface area contributed by atoms with E-state index in [0.717, 1.165) is 21.8 Å². The second-order valence-electron chi connectivity index (χ2n) is 5.97. The van der Waals surface area contributed by atoms with Crippen molar-refractivity contribution >= 4 is 28.1 Å². The molecular weight excluding hydrogens is 336 g/mol. The minimum atomic E-state index is -0.344. The van der Waals surface area contributed by atoms with Gasteiger partial charge < -0.3 is 10.6 Å². The van der Waals surface area contributed by atoms with Gasteiger partial charge in [-0.3, -0.25) is 14.0 Å². The number of nitrogens with zero attached hydrogens (tertiary/aromatic N) is 2. The summed E-state index contributed by atoms with van der Waals surface area (Å²) in [7, 11) is 0. The largest absolute Gasteiger partial charge is 0.350 e. The van der Waals surface area contributed by atoms with Crippen molar-refractivity contribution in [1.29, 1.82) is 0 Å². The first-order chi connectivity index (χ1) is 12.0. The molecule has 0 saturated heterocycles. The smallest absolute Gasteiger partial charge is 0.222 e. The lowest BCUT2D eigenvalue weighted by molar-refractivity contribution is -0.122. The summed E-state index contributed by atoms with van der Waals surface area (Å²) in [6.07, 6.45) is 4.02. The van der Waals surface area contributed by atoms with Crippen molar-refractivity contribution in [2.24, 2.45) is 0 Å². The third-order valence-electron chi connectivity index (χ3n) is 3.86. The zero-order chi connectivity index (χ0) is 17.8. The average molecular weight is 356 g/mol. The average Bonchev–Trinajstić information content (AvgIpc) is 3.14. The van der Waals surface area contributed by atoms with Crippen LogP contribution in [0.4, 0.5) is 0 Å². The van der Waals surface area contributed by atoms with Crippen LogP contribution in [0.3, 0.4) is 0 Å². The van der Waals surface area contributed by atoms with E-state index >= 15 is 0 Å². The number of nitrogens with one attached hydrogen (secondary N) is 2. The van der Waals surface area contributed by atoms with Crippen molar-refractivity contribution in [3.63, 3.8) is 0 Å². The van der Waals surface area contributed by atoms with Crippen LogP contribution in [0, 0.1) is 6.92 Å². The van der Waals surface area contributed by atoms with E-state index in [1.807, 2.05) is 53.4 Å². The van der Waals surface area contributed by atoms with Crippen LogP contribution in [0.2, 0.25) is 0 Å². The molecule has 0 aliphatic rings. The minimum Gasteiger partial charge on any atom is -0.350 e. The quantitative estimate of drug-likeness (QED) is 0.713. The van der Waals surface area contributed by atoms with Crippen LogP contribution >= 0.6 is 11.3 Å². The number of carbonyl (C=O) groups excluding carboxylic acids is 2. The Bertz CT molecular complexity index is 854. The highest BCUT2D eigenvalue weighted by Crippen LogP contribution is 2.18. The Morgan fingerprint density at radius 3 is 2.72 bits per heavy atom. The fraction of sp³-hybridized carbons (Fsp3) is 0.278. The second-order valence-corrected chi connectivity index (χ2v) is 6.84. The topological polar surface area (TPSA) is 75.5 Å². The summed E-state index contributed by atoms with van der Waals surface area (Å²) < 4.78 is 1.93. The van der Waals surface area contributed by atoms with Crippen molar-refractivity contribution in [2.45, 2.75) is 32.9 Å². The lowest BCUT2D eigenvalue weighted by atomic mass is 10.0. The second kappa shape index (κ2) is 7.48. The number of thiazole rings is 1. The molecule has 2 heterocycles. The molecule has 1 unspecified atom stereocenters. The van der Waals surface area contributed by atoms with Gasteiger partial charge in [-0.05, 0) is 12.5 Å². The Morgan fingerprint density at radius 2 is 2.04 bits per heavy atom. The summed E-state index contributed by atoms with van der Waals surface area (Å²) in [5.41, 5.74) is 2.86. The molecule has 0 aliphatic heterocycles. The first-order valence-electron chi connectivity index (χ1n) is 8.02. The van der Waals surface area contributed by atoms with Crippen LogP contribution in [0.15, 0.2) is 42.0 Å². The van der Waals surface area contributed by atoms with Crippen LogP contribution in [0.1, 0.15) is 36.2 Å². The standard InChI is InChI=1S/C18H20N4O2S/c1-12-3-5-14(6-4-12)16(20-13(2)23)9-17(24)19-10-15-11-22-7-8-25-18(22)21-15/h3-8,11,16H,9-10H2,1-2H3,(H,19,24)(H,20,23). The molecule has 0 radical (unpaired) electrons. The van der Waals surface area contributed by atoms with Gasteiger partial charge in [0.1, 0.15) is 0 Å². The Balaban J connectivity index is 1.61. The van der Waals surface area contributed by atoms with E-state index in [2.05, 4.69) is 15.6 Å². The Kier molecular flexibility index (Phi) is 5.14. The molecule has 3 rings (SSSR count). The lowest BCUT2D eigenvalue weighted by Gasteiger charge is -2.18. The van der Waals surface area contributed by atoms with Gasteiger partial charge in [0.15, 0.2) is 4.96 Å². The molecular formula is C18H20N4O2S. The highest BCUT2D eigenvalue weighted by molar-refractivity contribution is 7.15. The molecule has 3 aromatic rings. The zero-order valence-corrected chi connectivity index (χ0v) is 15.0. The maximum absolute atomic E-state index is 12.3. The van der Waals surface area contributed by atoms with Gasteiger partial charge >= 0.3 is 0 Å². The summed E-state index contributed by atoms with van der Waals surface area (Å²) in [4.78, 5) is 29.1. The molecule has 0 bridgehead atoms. The predicted molar refractivity (Wildman–Crippen MR) is 97.3 cm³/mol. The number of amides is 2. The van der Waals surface area contributed by atoms with E-state index in [1.165, 1.54) is 6.92 Å². The molecule has 0 saturated carbocycles. The normalized spacial score (nSPS) is 12.1. The maximum Gasteiger partial charge on any atom is 0.222 e. The lowest BCUT2D eigenvalue weighted by Crippen LogP contribution is -2.32. The number of aromatic nitrogens is 2. The Morgan fingerprint density at radius 1 is 1.28 bits per heavy atom. The van der Waals surface area contributed by atoms with E-state index in [4.69, 9.17) is 0 Å². The third kappa shape index (κ3) is 4.45. The number of rotatable bonds is 6. The summed E-state index contributed by atoms with van der Waals surface area (Å²) in [5.74, 6) is -0.289. The fourth-order valence-corrected chi connectivity index (χ4v) is 3.32. The molecule has 1 atom stereocenters. The number of hydrogen-bond acceptors (Lipinski definition) is 4. The summed E-state index contributed by atoms with van der Waals surface area (Å²) in [6.45, 7) is 3.82. The molecule has 7 heteroatoms. The SMILES string of the molecule is CC(=O)NC(CC(=O)NCc1cn2ccsc2n1)c1ccc(C)cc1. The number of fused-ring (bicyclic) bond motifs is 1. The van der Waals surface area contributed by atoms with Gasteiger partial charge in [0.05, 0.1) is 24.7 Å². The molecule has 2 N–H and O–H groups in total. The van der Waals surface area contributed by atoms with Crippen molar-refractivity contribution in [3.05, 3.63) is 58.9 Å². The van der Waals surface area contributed by atoms with Gasteiger partial charge in [-0.1, -0.05) is 29.8 Å². The number of carbonyl (C=O) groups is 2. The molecule has 130 valence electrons. The van der Waals surface area contributed by atoms with Gasteiger partial charge in [0.25, 0.3) is 0 Å². The molecule has 0 aliphatic carbocycles. The number of hydrogen-bond donors (Lipinski definition) is 2. The first-order valence-corrected chi connectivity index (χ1v) is 8.90. The van der Waals surface area contributed by atoms with Gasteiger partial charge in [0, 0.05) is 24.7 Å². The van der Waals surface area contributed by atoms with E-state index in [-0.39, 0.29) is 24.3 Å². The minimum absolute atomic E-state index is 0.129. The van der Waals surface area contributed by atoms with Gasteiger partial charge in [-0.15, -0.1) is 11.3 Å². The molecule has 0 fully saturated rings. The monoisotopic (exact) mass is 356 g/mol. The van der Waals surface area contributed by atoms with Crippen molar-refractivity contribution in [2.75, 3.05) is 0 Å². The Hall–Kier alpha value is -2.67. The first kappa shape index (κ1) is 17.2. The summed E-state index contributed by atoms with van der Waals surface area (Å²) in [5, 5.41) is 7.68. The molecule has 1 aromatic carbocycles. The van der Waals surface area contributed by atoms with Crippen LogP contribution in [0.25, 0.3) is 4.96 Å². The Labute approximate surface area is 149 Å². The number of aryl methyl sites for hydroxylation is 1. The highest BCUT2D eigenvalue weighted by atomic mass is 32.1. The van der Waals surface area contributed by atoms with Crippen molar-refractivity contribution < 1.29 is 9.59 Å². The van der Waals surface area contributed by atoms with Crippen LogP contribution in [-0.2, 0) is 16.1 Å². The molecule has 6 nitrogen and oxygen atoms in total. The fourth-order valence-electron chi connectivity index (χ4n) is 2.60. The summed E-state index contributed by atoms with van der Waals surface area (Å²) in [6, 6.07) is 7.47. The van der Waals surface area contributed by atoms with E-state index in [1.54, 1.807) is 11.3 Å². The third-order valence-corrected chi connectivity index (χ3v) is 4.63. The highest BCUT2D eigenvalue weighted by Gasteiger charge is 2.17. The van der Waals surface area contributed by atoms with E-state index < -0.39 is 0 Å². The van der Waals surface area contributed by atoms with E-state index in [9.17, 15) is 9.59 Å². The van der Waals surface area contributed by atoms with Crippen LogP contribution < -0.4 is 10.6 Å². The zero-order valence-electron chi connectivity index (χ0n) is 14.2. The van der Waals surface area contributed by atoms with Gasteiger partial charge in [-0.25, -0.2) is 4.98 Å². The summed E-state index contributed by atoms with van der Waals surface area (Å²) >= 11 is 1.55. The maximum atomic E-state index is 12.3. The van der Waals surface area contributed by atoms with Crippen LogP contribution in [0.5, 0.6) is 0 Å². The van der Waals surface area contributed by atoms with Crippen LogP contribution in [-0.4, -0.2) is 21.2 Å². The van der Waals surface area contributed by atoms with E-state index in [0.29, 0.717) is 6.54 Å².